The van der Waals surface area contributed by atoms with E-state index in [1.165, 1.54) is 12.1 Å². The van der Waals surface area contributed by atoms with Crippen LogP contribution >= 0.6 is 15.9 Å². The van der Waals surface area contributed by atoms with E-state index in [0.717, 1.165) is 11.5 Å². The smallest absolute Gasteiger partial charge is 0.139 e. The summed E-state index contributed by atoms with van der Waals surface area (Å²) in [5.41, 5.74) is 6.81. The van der Waals surface area contributed by atoms with Crippen molar-refractivity contribution in [3.63, 3.8) is 0 Å². The van der Waals surface area contributed by atoms with Crippen LogP contribution in [0.2, 0.25) is 0 Å². The lowest BCUT2D eigenvalue weighted by Gasteiger charge is -2.09. The van der Waals surface area contributed by atoms with Crippen molar-refractivity contribution in [2.75, 3.05) is 11.1 Å². The SMILES string of the molecule is Cc1ccc(CNc2cc(F)c(Br)cc2N)o1. The van der Waals surface area contributed by atoms with Gasteiger partial charge in [-0.25, -0.2) is 4.39 Å². The van der Waals surface area contributed by atoms with Crippen LogP contribution in [0.15, 0.2) is 33.2 Å². The fourth-order valence-corrected chi connectivity index (χ4v) is 1.84. The predicted octanol–water partition coefficient (Wildman–Crippen LogP) is 3.68. The molecular weight excluding hydrogens is 287 g/mol. The lowest BCUT2D eigenvalue weighted by Crippen LogP contribution is -2.02. The van der Waals surface area contributed by atoms with E-state index in [1.807, 2.05) is 19.1 Å². The van der Waals surface area contributed by atoms with Gasteiger partial charge in [-0.2, -0.15) is 0 Å². The molecule has 0 saturated carbocycles. The van der Waals surface area contributed by atoms with Gasteiger partial charge in [-0.3, -0.25) is 0 Å². The standard InChI is InChI=1S/C12H12BrFN2O/c1-7-2-3-8(17-7)6-16-12-5-10(14)9(13)4-11(12)15/h2-5,16H,6,15H2,1H3. The van der Waals surface area contributed by atoms with Crippen LogP contribution in [-0.4, -0.2) is 0 Å². The van der Waals surface area contributed by atoms with Crippen LogP contribution in [0.1, 0.15) is 11.5 Å². The van der Waals surface area contributed by atoms with Crippen molar-refractivity contribution in [2.45, 2.75) is 13.5 Å². The lowest BCUT2D eigenvalue weighted by atomic mass is 10.2. The fraction of sp³-hybridized carbons (Fsp3) is 0.167. The second kappa shape index (κ2) is 4.79. The monoisotopic (exact) mass is 298 g/mol. The summed E-state index contributed by atoms with van der Waals surface area (Å²) in [5.74, 6) is 1.28. The van der Waals surface area contributed by atoms with Crippen molar-refractivity contribution in [3.05, 3.63) is 46.1 Å². The minimum atomic E-state index is -0.350. The second-order valence-corrected chi connectivity index (χ2v) is 4.57. The van der Waals surface area contributed by atoms with Gasteiger partial charge in [0.1, 0.15) is 17.3 Å². The highest BCUT2D eigenvalue weighted by Gasteiger charge is 2.06. The van der Waals surface area contributed by atoms with Crippen molar-refractivity contribution in [1.82, 2.24) is 0 Å². The van der Waals surface area contributed by atoms with Crippen molar-refractivity contribution in [1.29, 1.82) is 0 Å². The average Bonchev–Trinajstić information content (AvgIpc) is 2.68. The van der Waals surface area contributed by atoms with E-state index < -0.39 is 0 Å². The van der Waals surface area contributed by atoms with E-state index in [1.54, 1.807) is 0 Å². The molecule has 0 aliphatic heterocycles. The molecule has 0 aliphatic carbocycles. The number of halogens is 2. The van der Waals surface area contributed by atoms with Crippen molar-refractivity contribution in [3.8, 4) is 0 Å². The zero-order chi connectivity index (χ0) is 12.4. The molecule has 0 aliphatic rings. The number of nitrogens with two attached hydrogens (primary N) is 1. The highest BCUT2D eigenvalue weighted by molar-refractivity contribution is 9.10. The van der Waals surface area contributed by atoms with Gasteiger partial charge in [0.15, 0.2) is 0 Å². The quantitative estimate of drug-likeness (QED) is 0.850. The number of hydrogen-bond acceptors (Lipinski definition) is 3. The summed E-state index contributed by atoms with van der Waals surface area (Å²) in [6, 6.07) is 6.64. The molecule has 90 valence electrons. The molecule has 0 fully saturated rings. The van der Waals surface area contributed by atoms with E-state index in [-0.39, 0.29) is 5.82 Å². The lowest BCUT2D eigenvalue weighted by molar-refractivity contribution is 0.490. The number of rotatable bonds is 3. The summed E-state index contributed by atoms with van der Waals surface area (Å²) in [6.45, 7) is 2.34. The Bertz CT molecular complexity index is 539. The van der Waals surface area contributed by atoms with E-state index >= 15 is 0 Å². The predicted molar refractivity (Wildman–Crippen MR) is 69.3 cm³/mol. The van der Waals surface area contributed by atoms with Crippen LogP contribution in [0.5, 0.6) is 0 Å². The van der Waals surface area contributed by atoms with E-state index in [0.29, 0.717) is 22.4 Å². The summed E-state index contributed by atoms with van der Waals surface area (Å²) in [5, 5.41) is 3.03. The first-order valence-electron chi connectivity index (χ1n) is 5.10. The molecule has 2 rings (SSSR count). The highest BCUT2D eigenvalue weighted by Crippen LogP contribution is 2.26. The van der Waals surface area contributed by atoms with Gasteiger partial charge < -0.3 is 15.5 Å². The molecule has 0 amide bonds. The molecular formula is C12H12BrFN2O. The second-order valence-electron chi connectivity index (χ2n) is 3.72. The minimum absolute atomic E-state index is 0.350. The number of nitrogens with one attached hydrogen (secondary N) is 1. The van der Waals surface area contributed by atoms with Gasteiger partial charge in [0, 0.05) is 6.07 Å². The third-order valence-corrected chi connectivity index (χ3v) is 2.95. The van der Waals surface area contributed by atoms with E-state index in [9.17, 15) is 4.39 Å². The first-order chi connectivity index (χ1) is 8.06. The number of anilines is 2. The first-order valence-corrected chi connectivity index (χ1v) is 5.89. The number of nitrogen functional groups attached to an aromatic ring is 1. The van der Waals surface area contributed by atoms with Gasteiger partial charge >= 0.3 is 0 Å². The van der Waals surface area contributed by atoms with Gasteiger partial charge in [0.05, 0.1) is 22.4 Å². The Labute approximate surface area is 107 Å². The maximum absolute atomic E-state index is 13.3. The number of benzene rings is 1. The van der Waals surface area contributed by atoms with Crippen LogP contribution in [0, 0.1) is 12.7 Å². The Morgan fingerprint density at radius 2 is 2.18 bits per heavy atom. The van der Waals surface area contributed by atoms with Gasteiger partial charge in [-0.05, 0) is 41.1 Å². The molecule has 3 nitrogen and oxygen atoms in total. The van der Waals surface area contributed by atoms with Gasteiger partial charge in [-0.15, -0.1) is 0 Å². The van der Waals surface area contributed by atoms with Gasteiger partial charge in [-0.1, -0.05) is 0 Å². The van der Waals surface area contributed by atoms with Crippen LogP contribution in [0.3, 0.4) is 0 Å². The maximum Gasteiger partial charge on any atom is 0.139 e. The van der Waals surface area contributed by atoms with Gasteiger partial charge in [0.2, 0.25) is 0 Å². The summed E-state index contributed by atoms with van der Waals surface area (Å²) in [7, 11) is 0. The molecule has 5 heteroatoms. The Balaban J connectivity index is 2.11. The van der Waals surface area contributed by atoms with Crippen LogP contribution in [0.4, 0.5) is 15.8 Å². The zero-order valence-electron chi connectivity index (χ0n) is 9.26. The molecule has 3 N–H and O–H groups in total. The number of aryl methyl sites for hydroxylation is 1. The van der Waals surface area contributed by atoms with Crippen LogP contribution in [-0.2, 0) is 6.54 Å². The molecule has 0 atom stereocenters. The largest absolute Gasteiger partial charge is 0.465 e. The molecule has 1 aromatic carbocycles. The van der Waals surface area contributed by atoms with Crippen molar-refractivity contribution >= 4 is 27.3 Å². The Morgan fingerprint density at radius 1 is 1.41 bits per heavy atom. The van der Waals surface area contributed by atoms with Crippen LogP contribution < -0.4 is 11.1 Å². The summed E-state index contributed by atoms with van der Waals surface area (Å²) in [6.07, 6.45) is 0. The summed E-state index contributed by atoms with van der Waals surface area (Å²) >= 11 is 3.08. The van der Waals surface area contributed by atoms with Crippen LogP contribution in [0.25, 0.3) is 0 Å². The Kier molecular flexibility index (Phi) is 3.38. The highest BCUT2D eigenvalue weighted by atomic mass is 79.9. The molecule has 17 heavy (non-hydrogen) atoms. The number of furan rings is 1. The molecule has 0 saturated heterocycles. The summed E-state index contributed by atoms with van der Waals surface area (Å²) < 4.78 is 19.1. The molecule has 0 spiro atoms. The van der Waals surface area contributed by atoms with Crippen molar-refractivity contribution < 1.29 is 8.81 Å². The van der Waals surface area contributed by atoms with Crippen molar-refractivity contribution in [2.24, 2.45) is 0 Å². The third kappa shape index (κ3) is 2.79. The van der Waals surface area contributed by atoms with Gasteiger partial charge in [0.25, 0.3) is 0 Å². The molecule has 2 aromatic rings. The molecule has 1 aromatic heterocycles. The molecule has 0 bridgehead atoms. The number of hydrogen-bond donors (Lipinski definition) is 2. The minimum Gasteiger partial charge on any atom is -0.465 e. The summed E-state index contributed by atoms with van der Waals surface area (Å²) in [4.78, 5) is 0. The average molecular weight is 299 g/mol. The molecule has 0 radical (unpaired) electrons. The molecule has 0 unspecified atom stereocenters. The fourth-order valence-electron chi connectivity index (χ4n) is 1.48. The normalized spacial score (nSPS) is 10.5. The zero-order valence-corrected chi connectivity index (χ0v) is 10.8. The maximum atomic E-state index is 13.3. The van der Waals surface area contributed by atoms with E-state index in [2.05, 4.69) is 21.2 Å². The molecule has 1 heterocycles. The first kappa shape index (κ1) is 12.0. The Morgan fingerprint density at radius 3 is 2.82 bits per heavy atom. The third-order valence-electron chi connectivity index (χ3n) is 2.34. The van der Waals surface area contributed by atoms with E-state index in [4.69, 9.17) is 10.2 Å². The Hall–Kier alpha value is -1.49. The topological polar surface area (TPSA) is 51.2 Å².